The fourth-order valence-corrected chi connectivity index (χ4v) is 3.94. The van der Waals surface area contributed by atoms with E-state index in [-0.39, 0.29) is 20.1 Å². The van der Waals surface area contributed by atoms with Crippen LogP contribution in [0.3, 0.4) is 0 Å². The van der Waals surface area contributed by atoms with Gasteiger partial charge in [-0.15, -0.1) is 71.8 Å². The predicted molar refractivity (Wildman–Crippen MR) is 142 cm³/mol. The summed E-state index contributed by atoms with van der Waals surface area (Å²) in [6.07, 6.45) is 1.61. The van der Waals surface area contributed by atoms with Crippen molar-refractivity contribution in [2.75, 3.05) is 0 Å². The summed E-state index contributed by atoms with van der Waals surface area (Å²) in [5.74, 6) is 0. The van der Waals surface area contributed by atoms with E-state index in [0.717, 1.165) is 44.9 Å². The molecule has 2 heterocycles. The summed E-state index contributed by atoms with van der Waals surface area (Å²) in [7, 11) is 0. The molecule has 0 N–H and O–H groups in total. The number of benzene rings is 4. The summed E-state index contributed by atoms with van der Waals surface area (Å²) in [4.78, 5) is 13.4. The van der Waals surface area contributed by atoms with Crippen LogP contribution in [0.15, 0.2) is 122 Å². The standard InChI is InChI=1S/C17H13N2.C15H10N.Ir/c1-13-16(14-8-4-2-5-9-14)17(19-12-18-13)15-10-6-3-7-11-15;1-2-6-12(7-3-1)15-11-10-13-8-4-5-9-14(13)16-15;/h2-10,12H,1H3;1-6,8-11H;/q2*-1;. The minimum Gasteiger partial charge on any atom is -0.296 e. The zero-order valence-corrected chi connectivity index (χ0v) is 22.1. The Balaban J connectivity index is 0.000000167. The molecule has 0 unspecified atom stereocenters. The molecule has 2 aromatic heterocycles. The smallest absolute Gasteiger partial charge is 0.105 e. The van der Waals surface area contributed by atoms with Crippen molar-refractivity contribution < 1.29 is 20.1 Å². The average molecular weight is 642 g/mol. The molecule has 36 heavy (non-hydrogen) atoms. The quantitative estimate of drug-likeness (QED) is 0.187. The Morgan fingerprint density at radius 1 is 0.611 bits per heavy atom. The Morgan fingerprint density at radius 2 is 1.28 bits per heavy atom. The number of rotatable bonds is 3. The van der Waals surface area contributed by atoms with E-state index in [2.05, 4.69) is 51.4 Å². The summed E-state index contributed by atoms with van der Waals surface area (Å²) in [6.45, 7) is 2.01. The molecule has 4 aromatic carbocycles. The number of para-hydroxylation sites is 1. The van der Waals surface area contributed by atoms with E-state index in [0.29, 0.717) is 0 Å². The maximum Gasteiger partial charge on any atom is 0.105 e. The Morgan fingerprint density at radius 3 is 2.00 bits per heavy atom. The second-order valence-electron chi connectivity index (χ2n) is 7.99. The first-order valence-corrected chi connectivity index (χ1v) is 11.5. The SMILES string of the molecule is Cc1ncnc(-c2[c-]cccc2)c1-c1ccccc1.[Ir].[c-]1ccccc1-c1ccc2ccccc2n1. The van der Waals surface area contributed by atoms with E-state index >= 15 is 0 Å². The number of hydrogen-bond donors (Lipinski definition) is 0. The van der Waals surface area contributed by atoms with Crippen molar-refractivity contribution >= 4 is 10.9 Å². The van der Waals surface area contributed by atoms with Gasteiger partial charge in [0.25, 0.3) is 0 Å². The maximum atomic E-state index is 4.61. The third-order valence-electron chi connectivity index (χ3n) is 5.65. The van der Waals surface area contributed by atoms with Crippen molar-refractivity contribution in [1.29, 1.82) is 0 Å². The summed E-state index contributed by atoms with van der Waals surface area (Å²) >= 11 is 0. The van der Waals surface area contributed by atoms with Crippen molar-refractivity contribution in [3.8, 4) is 33.6 Å². The van der Waals surface area contributed by atoms with Gasteiger partial charge in [0.1, 0.15) is 6.33 Å². The molecule has 1 radical (unpaired) electrons. The van der Waals surface area contributed by atoms with Gasteiger partial charge in [0.2, 0.25) is 0 Å². The van der Waals surface area contributed by atoms with E-state index in [1.807, 2.05) is 97.9 Å². The Kier molecular flexibility index (Phi) is 8.46. The van der Waals surface area contributed by atoms with Gasteiger partial charge >= 0.3 is 0 Å². The van der Waals surface area contributed by atoms with Crippen molar-refractivity contribution in [3.05, 3.63) is 139 Å². The van der Waals surface area contributed by atoms with Crippen LogP contribution in [0.25, 0.3) is 44.5 Å². The largest absolute Gasteiger partial charge is 0.296 e. The molecule has 0 aliphatic heterocycles. The van der Waals surface area contributed by atoms with Crippen molar-refractivity contribution in [2.45, 2.75) is 6.92 Å². The number of pyridine rings is 1. The first-order chi connectivity index (χ1) is 17.3. The molecule has 0 saturated heterocycles. The van der Waals surface area contributed by atoms with E-state index in [9.17, 15) is 0 Å². The van der Waals surface area contributed by atoms with Crippen LogP contribution in [-0.2, 0) is 20.1 Å². The Bertz CT molecular complexity index is 1540. The molecule has 0 saturated carbocycles. The molecule has 177 valence electrons. The average Bonchev–Trinajstić information content (AvgIpc) is 2.94. The number of nitrogens with zero attached hydrogens (tertiary/aromatic N) is 3. The molecule has 0 atom stereocenters. The monoisotopic (exact) mass is 642 g/mol. The normalized spacial score (nSPS) is 10.1. The van der Waals surface area contributed by atoms with Crippen molar-refractivity contribution in [3.63, 3.8) is 0 Å². The number of aryl methyl sites for hydroxylation is 1. The minimum atomic E-state index is 0. The number of aromatic nitrogens is 3. The molecular formula is C32H23IrN3-2. The van der Waals surface area contributed by atoms with Gasteiger partial charge in [0, 0.05) is 25.8 Å². The van der Waals surface area contributed by atoms with Gasteiger partial charge in [-0.05, 0) is 40.9 Å². The molecule has 3 nitrogen and oxygen atoms in total. The maximum absolute atomic E-state index is 4.61. The van der Waals surface area contributed by atoms with Crippen LogP contribution in [0.5, 0.6) is 0 Å². The van der Waals surface area contributed by atoms with Crippen LogP contribution in [-0.4, -0.2) is 15.0 Å². The third kappa shape index (κ3) is 5.80. The van der Waals surface area contributed by atoms with Gasteiger partial charge in [-0.1, -0.05) is 60.7 Å². The van der Waals surface area contributed by atoms with Crippen molar-refractivity contribution in [2.24, 2.45) is 0 Å². The first kappa shape index (κ1) is 25.1. The van der Waals surface area contributed by atoms with E-state index in [1.54, 1.807) is 6.33 Å². The third-order valence-corrected chi connectivity index (χ3v) is 5.65. The Labute approximate surface area is 225 Å². The molecule has 0 bridgehead atoms. The van der Waals surface area contributed by atoms with Gasteiger partial charge < -0.3 is 0 Å². The van der Waals surface area contributed by atoms with Crippen LogP contribution in [0.4, 0.5) is 0 Å². The second-order valence-corrected chi connectivity index (χ2v) is 7.99. The number of fused-ring (bicyclic) bond motifs is 1. The summed E-state index contributed by atoms with van der Waals surface area (Å²) in [5, 5.41) is 1.17. The molecule has 0 aliphatic rings. The van der Waals surface area contributed by atoms with Gasteiger partial charge in [0.15, 0.2) is 0 Å². The molecular weight excluding hydrogens is 619 g/mol. The predicted octanol–water partition coefficient (Wildman–Crippen LogP) is 7.62. The number of hydrogen-bond acceptors (Lipinski definition) is 3. The van der Waals surface area contributed by atoms with Crippen LogP contribution in [0.2, 0.25) is 0 Å². The molecule has 0 amide bonds. The fraction of sp³-hybridized carbons (Fsp3) is 0.0312. The molecule has 4 heteroatoms. The van der Waals surface area contributed by atoms with Crippen LogP contribution in [0, 0.1) is 19.1 Å². The first-order valence-electron chi connectivity index (χ1n) is 11.5. The fourth-order valence-electron chi connectivity index (χ4n) is 3.94. The van der Waals surface area contributed by atoms with E-state index in [1.165, 1.54) is 5.39 Å². The topological polar surface area (TPSA) is 38.7 Å². The molecule has 6 rings (SSSR count). The van der Waals surface area contributed by atoms with Crippen LogP contribution in [0.1, 0.15) is 5.69 Å². The summed E-state index contributed by atoms with van der Waals surface area (Å²) in [5.41, 5.74) is 8.14. The van der Waals surface area contributed by atoms with Crippen LogP contribution >= 0.6 is 0 Å². The van der Waals surface area contributed by atoms with E-state index in [4.69, 9.17) is 0 Å². The molecule has 0 aliphatic carbocycles. The zero-order chi connectivity index (χ0) is 23.9. The molecule has 6 aromatic rings. The zero-order valence-electron chi connectivity index (χ0n) is 19.7. The molecule has 0 fully saturated rings. The summed E-state index contributed by atoms with van der Waals surface area (Å²) < 4.78 is 0. The van der Waals surface area contributed by atoms with Crippen molar-refractivity contribution in [1.82, 2.24) is 15.0 Å². The van der Waals surface area contributed by atoms with Crippen LogP contribution < -0.4 is 0 Å². The van der Waals surface area contributed by atoms with Gasteiger partial charge in [0.05, 0.1) is 5.52 Å². The van der Waals surface area contributed by atoms with Gasteiger partial charge in [-0.2, -0.15) is 0 Å². The second kappa shape index (κ2) is 12.1. The minimum absolute atomic E-state index is 0. The Hall–Kier alpha value is -3.98. The summed E-state index contributed by atoms with van der Waals surface area (Å²) in [6, 6.07) is 44.7. The molecule has 0 spiro atoms. The van der Waals surface area contributed by atoms with Gasteiger partial charge in [-0.3, -0.25) is 9.97 Å². The van der Waals surface area contributed by atoms with Gasteiger partial charge in [-0.25, -0.2) is 4.98 Å². The van der Waals surface area contributed by atoms with E-state index < -0.39 is 0 Å².